The van der Waals surface area contributed by atoms with E-state index in [1.165, 1.54) is 5.56 Å². The Morgan fingerprint density at radius 1 is 1.36 bits per heavy atom. The average Bonchev–Trinajstić information content (AvgIpc) is 3.25. The highest BCUT2D eigenvalue weighted by molar-refractivity contribution is 7.13. The first-order valence-corrected chi connectivity index (χ1v) is 9.97. The number of rotatable bonds is 6. The maximum absolute atomic E-state index is 12.5. The predicted molar refractivity (Wildman–Crippen MR) is 104 cm³/mol. The first kappa shape index (κ1) is 18.1. The van der Waals surface area contributed by atoms with Gasteiger partial charge in [-0.25, -0.2) is 4.98 Å². The number of benzene rings is 1. The van der Waals surface area contributed by atoms with Crippen LogP contribution in [0, 0.1) is 5.92 Å². The van der Waals surface area contributed by atoms with Crippen LogP contribution in [-0.4, -0.2) is 35.4 Å². The minimum absolute atomic E-state index is 0.187. The number of aromatic nitrogens is 1. The second-order valence-corrected chi connectivity index (χ2v) is 8.03. The van der Waals surface area contributed by atoms with Crippen molar-refractivity contribution in [2.45, 2.75) is 39.0 Å². The van der Waals surface area contributed by atoms with Crippen LogP contribution in [0.2, 0.25) is 0 Å². The van der Waals surface area contributed by atoms with E-state index >= 15 is 0 Å². The Hall–Kier alpha value is -1.72. The highest BCUT2D eigenvalue weighted by atomic mass is 32.1. The molecule has 134 valence electrons. The van der Waals surface area contributed by atoms with E-state index in [0.717, 1.165) is 42.2 Å². The maximum atomic E-state index is 12.5. The molecular weight excluding hydrogens is 330 g/mol. The molecule has 0 bridgehead atoms. The van der Waals surface area contributed by atoms with Crippen molar-refractivity contribution in [3.05, 3.63) is 40.9 Å². The topological polar surface area (TPSA) is 59.2 Å². The number of nitrogens with zero attached hydrogens (tertiary/aromatic N) is 2. The lowest BCUT2D eigenvalue weighted by Crippen LogP contribution is -2.30. The third-order valence-electron chi connectivity index (χ3n) is 4.92. The van der Waals surface area contributed by atoms with Crippen LogP contribution >= 0.6 is 11.3 Å². The molecule has 2 N–H and O–H groups in total. The van der Waals surface area contributed by atoms with Crippen LogP contribution in [0.5, 0.6) is 0 Å². The lowest BCUT2D eigenvalue weighted by atomic mass is 10.0. The summed E-state index contributed by atoms with van der Waals surface area (Å²) in [6, 6.07) is 8.57. The van der Waals surface area contributed by atoms with Gasteiger partial charge in [0.2, 0.25) is 5.91 Å². The zero-order chi connectivity index (χ0) is 17.8. The molecule has 3 rings (SSSR count). The number of amides is 1. The number of carbonyl (C=O) groups is 1. The number of nitrogens with two attached hydrogens (primary N) is 1. The molecule has 1 unspecified atom stereocenters. The monoisotopic (exact) mass is 357 g/mol. The van der Waals surface area contributed by atoms with Crippen LogP contribution in [0.4, 0.5) is 0 Å². The largest absolute Gasteiger partial charge is 0.342 e. The third-order valence-corrected chi connectivity index (χ3v) is 5.86. The molecule has 4 nitrogen and oxygen atoms in total. The molecule has 1 saturated heterocycles. The van der Waals surface area contributed by atoms with Gasteiger partial charge in [0.25, 0.3) is 0 Å². The number of likely N-dealkylation sites (tertiary alicyclic amines) is 1. The number of hydrogen-bond acceptors (Lipinski definition) is 4. The van der Waals surface area contributed by atoms with Gasteiger partial charge in [-0.05, 0) is 36.8 Å². The SMILES string of the molecule is CC(C)c1ccc(-c2nc(CC(=O)N3CCC(CCN)C3)cs2)cc1. The third kappa shape index (κ3) is 4.47. The minimum atomic E-state index is 0.187. The fraction of sp³-hybridized carbons (Fsp3) is 0.500. The van der Waals surface area contributed by atoms with Crippen LogP contribution in [0.15, 0.2) is 29.6 Å². The van der Waals surface area contributed by atoms with Gasteiger partial charge in [-0.3, -0.25) is 4.79 Å². The van der Waals surface area contributed by atoms with E-state index in [2.05, 4.69) is 43.1 Å². The highest BCUT2D eigenvalue weighted by Crippen LogP contribution is 2.26. The summed E-state index contributed by atoms with van der Waals surface area (Å²) in [5, 5.41) is 3.00. The van der Waals surface area contributed by atoms with Gasteiger partial charge in [0, 0.05) is 24.0 Å². The fourth-order valence-electron chi connectivity index (χ4n) is 3.33. The molecule has 1 fully saturated rings. The first-order valence-electron chi connectivity index (χ1n) is 9.09. The summed E-state index contributed by atoms with van der Waals surface area (Å²) in [5.74, 6) is 1.29. The molecule has 0 aliphatic carbocycles. The van der Waals surface area contributed by atoms with Gasteiger partial charge in [0.1, 0.15) is 5.01 Å². The van der Waals surface area contributed by atoms with Gasteiger partial charge in [-0.1, -0.05) is 38.1 Å². The van der Waals surface area contributed by atoms with E-state index in [-0.39, 0.29) is 5.91 Å². The second-order valence-electron chi connectivity index (χ2n) is 7.17. The number of carbonyl (C=O) groups excluding carboxylic acids is 1. The van der Waals surface area contributed by atoms with E-state index in [1.807, 2.05) is 10.3 Å². The normalized spacial score (nSPS) is 17.4. The van der Waals surface area contributed by atoms with Crippen LogP contribution < -0.4 is 5.73 Å². The van der Waals surface area contributed by atoms with Crippen molar-refractivity contribution < 1.29 is 4.79 Å². The number of thiazole rings is 1. The number of hydrogen-bond donors (Lipinski definition) is 1. The van der Waals surface area contributed by atoms with Crippen LogP contribution in [0.25, 0.3) is 10.6 Å². The molecule has 1 amide bonds. The van der Waals surface area contributed by atoms with Crippen LogP contribution in [0.3, 0.4) is 0 Å². The van der Waals surface area contributed by atoms with Crippen LogP contribution in [0.1, 0.15) is 43.9 Å². The Balaban J connectivity index is 1.61. The zero-order valence-corrected chi connectivity index (χ0v) is 15.9. The Labute approximate surface area is 154 Å². The van der Waals surface area contributed by atoms with Crippen LogP contribution in [-0.2, 0) is 11.2 Å². The lowest BCUT2D eigenvalue weighted by Gasteiger charge is -2.15. The van der Waals surface area contributed by atoms with Gasteiger partial charge >= 0.3 is 0 Å². The van der Waals surface area contributed by atoms with Crippen molar-refractivity contribution in [3.8, 4) is 10.6 Å². The van der Waals surface area contributed by atoms with E-state index < -0.39 is 0 Å². The molecule has 1 aromatic heterocycles. The molecule has 2 heterocycles. The van der Waals surface area contributed by atoms with Crippen molar-refractivity contribution in [1.82, 2.24) is 9.88 Å². The molecule has 0 radical (unpaired) electrons. The van der Waals surface area contributed by atoms with E-state index in [9.17, 15) is 4.79 Å². The molecule has 1 aliphatic rings. The molecule has 2 aromatic rings. The standard InChI is InChI=1S/C20H27N3OS/c1-14(2)16-3-5-17(6-4-16)20-22-18(13-25-20)11-19(24)23-10-8-15(12-23)7-9-21/h3-6,13-15H,7-12,21H2,1-2H3. The first-order chi connectivity index (χ1) is 12.1. The molecular formula is C20H27N3OS. The molecule has 5 heteroatoms. The lowest BCUT2D eigenvalue weighted by molar-refractivity contribution is -0.129. The Morgan fingerprint density at radius 2 is 2.12 bits per heavy atom. The average molecular weight is 358 g/mol. The molecule has 0 spiro atoms. The van der Waals surface area contributed by atoms with Gasteiger partial charge in [0.15, 0.2) is 0 Å². The molecule has 1 aromatic carbocycles. The van der Waals surface area contributed by atoms with Crippen molar-refractivity contribution >= 4 is 17.2 Å². The van der Waals surface area contributed by atoms with Gasteiger partial charge in [0.05, 0.1) is 12.1 Å². The van der Waals surface area contributed by atoms with Gasteiger partial charge < -0.3 is 10.6 Å². The Morgan fingerprint density at radius 3 is 2.80 bits per heavy atom. The summed E-state index contributed by atoms with van der Waals surface area (Å²) in [4.78, 5) is 19.1. The molecule has 1 atom stereocenters. The smallest absolute Gasteiger partial charge is 0.228 e. The van der Waals surface area contributed by atoms with E-state index in [0.29, 0.717) is 24.8 Å². The van der Waals surface area contributed by atoms with E-state index in [1.54, 1.807) is 11.3 Å². The van der Waals surface area contributed by atoms with Crippen molar-refractivity contribution in [2.75, 3.05) is 19.6 Å². The predicted octanol–water partition coefficient (Wildman–Crippen LogP) is 3.67. The zero-order valence-electron chi connectivity index (χ0n) is 15.1. The molecule has 25 heavy (non-hydrogen) atoms. The quantitative estimate of drug-likeness (QED) is 0.858. The summed E-state index contributed by atoms with van der Waals surface area (Å²) in [6.45, 7) is 6.80. The van der Waals surface area contributed by atoms with Gasteiger partial charge in [-0.15, -0.1) is 11.3 Å². The molecule has 1 aliphatic heterocycles. The highest BCUT2D eigenvalue weighted by Gasteiger charge is 2.26. The van der Waals surface area contributed by atoms with Crippen molar-refractivity contribution in [3.63, 3.8) is 0 Å². The summed E-state index contributed by atoms with van der Waals surface area (Å²) in [6.07, 6.45) is 2.49. The summed E-state index contributed by atoms with van der Waals surface area (Å²) in [5.41, 5.74) is 8.95. The van der Waals surface area contributed by atoms with Gasteiger partial charge in [-0.2, -0.15) is 0 Å². The summed E-state index contributed by atoms with van der Waals surface area (Å²) in [7, 11) is 0. The Bertz CT molecular complexity index is 708. The summed E-state index contributed by atoms with van der Waals surface area (Å²) >= 11 is 1.61. The van der Waals surface area contributed by atoms with Crippen molar-refractivity contribution in [2.24, 2.45) is 11.7 Å². The molecule has 0 saturated carbocycles. The Kier molecular flexibility index (Phi) is 5.86. The van der Waals surface area contributed by atoms with E-state index in [4.69, 9.17) is 5.73 Å². The minimum Gasteiger partial charge on any atom is -0.342 e. The summed E-state index contributed by atoms with van der Waals surface area (Å²) < 4.78 is 0. The second kappa shape index (κ2) is 8.11. The fourth-order valence-corrected chi connectivity index (χ4v) is 4.15. The van der Waals surface area contributed by atoms with Crippen molar-refractivity contribution in [1.29, 1.82) is 0 Å². The maximum Gasteiger partial charge on any atom is 0.228 e.